The lowest BCUT2D eigenvalue weighted by Gasteiger charge is -2.41. The van der Waals surface area contributed by atoms with E-state index >= 15 is 0 Å². The zero-order chi connectivity index (χ0) is 23.8. The topological polar surface area (TPSA) is 86.0 Å². The molecule has 33 heavy (non-hydrogen) atoms. The summed E-state index contributed by atoms with van der Waals surface area (Å²) in [6.07, 6.45) is 7.84. The first-order valence-corrected chi connectivity index (χ1v) is 14.6. The molecule has 0 unspecified atom stereocenters. The molecule has 3 aromatic rings. The van der Waals surface area contributed by atoms with Crippen LogP contribution in [0.5, 0.6) is 0 Å². The summed E-state index contributed by atoms with van der Waals surface area (Å²) >= 11 is 0. The molecule has 1 aliphatic carbocycles. The van der Waals surface area contributed by atoms with Crippen LogP contribution in [0.4, 0.5) is 16.2 Å². The third-order valence-corrected chi connectivity index (χ3v) is 11.6. The van der Waals surface area contributed by atoms with Crippen LogP contribution in [0.2, 0.25) is 18.1 Å². The molecular weight excluding hydrogens is 433 g/mol. The van der Waals surface area contributed by atoms with Crippen LogP contribution in [0, 0.1) is 5.82 Å². The highest BCUT2D eigenvalue weighted by atomic mass is 28.4. The van der Waals surface area contributed by atoms with Crippen molar-refractivity contribution in [2.45, 2.75) is 76.7 Å². The highest BCUT2D eigenvalue weighted by molar-refractivity contribution is 6.74. The third kappa shape index (κ3) is 5.17. The Morgan fingerprint density at radius 2 is 1.70 bits per heavy atom. The van der Waals surface area contributed by atoms with Gasteiger partial charge < -0.3 is 15.5 Å². The molecular formula is C25H34FN5OSi. The summed E-state index contributed by atoms with van der Waals surface area (Å²) in [6.45, 7) is 11.5. The number of nitrogens with zero attached hydrogens (tertiary/aromatic N) is 3. The van der Waals surface area contributed by atoms with E-state index in [0.717, 1.165) is 36.8 Å². The summed E-state index contributed by atoms with van der Waals surface area (Å²) in [7, 11) is -1.75. The van der Waals surface area contributed by atoms with Gasteiger partial charge in [0.25, 0.3) is 0 Å². The molecule has 176 valence electrons. The molecule has 1 fully saturated rings. The van der Waals surface area contributed by atoms with Crippen LogP contribution < -0.4 is 11.1 Å². The van der Waals surface area contributed by atoms with Crippen molar-refractivity contribution in [1.82, 2.24) is 15.0 Å². The van der Waals surface area contributed by atoms with Crippen molar-refractivity contribution in [3.8, 4) is 11.1 Å². The van der Waals surface area contributed by atoms with E-state index in [2.05, 4.69) is 49.1 Å². The summed E-state index contributed by atoms with van der Waals surface area (Å²) in [6, 6.07) is 6.61. The van der Waals surface area contributed by atoms with E-state index in [4.69, 9.17) is 15.1 Å². The predicted molar refractivity (Wildman–Crippen MR) is 135 cm³/mol. The fraction of sp³-hybridized carbons (Fsp3) is 0.480. The number of nitrogens with two attached hydrogens (primary N) is 1. The van der Waals surface area contributed by atoms with Crippen LogP contribution in [0.25, 0.3) is 22.0 Å². The third-order valence-electron chi connectivity index (χ3n) is 7.08. The molecule has 8 heteroatoms. The zero-order valence-electron chi connectivity index (χ0n) is 20.2. The first kappa shape index (κ1) is 23.6. The van der Waals surface area contributed by atoms with Crippen molar-refractivity contribution in [2.24, 2.45) is 0 Å². The minimum absolute atomic E-state index is 0.222. The Balaban J connectivity index is 1.49. The van der Waals surface area contributed by atoms with E-state index in [1.54, 1.807) is 24.5 Å². The summed E-state index contributed by atoms with van der Waals surface area (Å²) in [5, 5.41) is 4.42. The van der Waals surface area contributed by atoms with Gasteiger partial charge in [-0.05, 0) is 61.5 Å². The minimum Gasteiger partial charge on any atom is -0.414 e. The molecule has 1 aliphatic rings. The van der Waals surface area contributed by atoms with Gasteiger partial charge >= 0.3 is 0 Å². The molecule has 2 heterocycles. The summed E-state index contributed by atoms with van der Waals surface area (Å²) < 4.78 is 20.0. The van der Waals surface area contributed by atoms with Crippen LogP contribution in [0.15, 0.2) is 36.7 Å². The van der Waals surface area contributed by atoms with Crippen molar-refractivity contribution in [1.29, 1.82) is 0 Å². The highest BCUT2D eigenvalue weighted by Crippen LogP contribution is 2.39. The van der Waals surface area contributed by atoms with Crippen LogP contribution in [0.3, 0.4) is 0 Å². The number of nitrogens with one attached hydrogen (secondary N) is 1. The number of hydrogen-bond donors (Lipinski definition) is 2. The maximum Gasteiger partial charge on any atom is 0.223 e. The lowest BCUT2D eigenvalue weighted by molar-refractivity contribution is 0.133. The Morgan fingerprint density at radius 1 is 1.03 bits per heavy atom. The number of rotatable bonds is 5. The Morgan fingerprint density at radius 3 is 2.33 bits per heavy atom. The molecule has 0 saturated heterocycles. The molecule has 6 nitrogen and oxygen atoms in total. The van der Waals surface area contributed by atoms with Crippen LogP contribution in [0.1, 0.15) is 46.5 Å². The van der Waals surface area contributed by atoms with Gasteiger partial charge in [0.2, 0.25) is 5.95 Å². The minimum atomic E-state index is -1.75. The van der Waals surface area contributed by atoms with E-state index in [1.165, 1.54) is 12.1 Å². The summed E-state index contributed by atoms with van der Waals surface area (Å²) in [4.78, 5) is 13.6. The second kappa shape index (κ2) is 8.99. The van der Waals surface area contributed by atoms with Gasteiger partial charge in [-0.25, -0.2) is 19.3 Å². The molecule has 0 bridgehead atoms. The number of hydrogen-bond acceptors (Lipinski definition) is 6. The van der Waals surface area contributed by atoms with Crippen molar-refractivity contribution >= 4 is 31.0 Å². The van der Waals surface area contributed by atoms with E-state index < -0.39 is 8.32 Å². The SMILES string of the molecule is CC(C)(C)[Si](C)(C)OC1CCC(Nc2ncc3c(N)ncc(-c4ccc(F)cc4)c3n2)CC1. The number of benzene rings is 1. The Kier molecular flexibility index (Phi) is 6.42. The van der Waals surface area contributed by atoms with Gasteiger partial charge in [-0.15, -0.1) is 0 Å². The fourth-order valence-electron chi connectivity index (χ4n) is 4.05. The number of halogens is 1. The van der Waals surface area contributed by atoms with Crippen LogP contribution in [-0.2, 0) is 4.43 Å². The molecule has 1 saturated carbocycles. The van der Waals surface area contributed by atoms with Crippen LogP contribution >= 0.6 is 0 Å². The Bertz CT molecular complexity index is 1120. The monoisotopic (exact) mass is 467 g/mol. The first-order valence-electron chi connectivity index (χ1n) is 11.6. The van der Waals surface area contributed by atoms with Gasteiger partial charge in [0.05, 0.1) is 10.9 Å². The normalized spacial score (nSPS) is 19.6. The number of pyridine rings is 1. The highest BCUT2D eigenvalue weighted by Gasteiger charge is 2.39. The number of anilines is 2. The Hall–Kier alpha value is -2.58. The molecule has 3 N–H and O–H groups in total. The molecule has 1 aromatic carbocycles. The maximum atomic E-state index is 13.4. The zero-order valence-corrected chi connectivity index (χ0v) is 21.2. The molecule has 0 atom stereocenters. The van der Waals surface area contributed by atoms with Gasteiger partial charge in [-0.1, -0.05) is 32.9 Å². The van der Waals surface area contributed by atoms with Gasteiger partial charge in [0.1, 0.15) is 11.6 Å². The second-order valence-corrected chi connectivity index (χ2v) is 15.3. The standard InChI is InChI=1S/C25H34FN5OSi/c1-25(2,3)33(4,5)32-19-12-10-18(11-13-19)30-24-29-15-21-22(31-24)20(14-28-23(21)27)16-6-8-17(26)9-7-16/h6-9,14-15,18-19H,10-13H2,1-5H3,(H2,27,28)(H,29,30,31). The molecule has 0 radical (unpaired) electrons. The average molecular weight is 468 g/mol. The van der Waals surface area contributed by atoms with Gasteiger partial charge in [-0.2, -0.15) is 0 Å². The van der Waals surface area contributed by atoms with Crippen molar-refractivity contribution < 1.29 is 8.82 Å². The molecule has 0 aliphatic heterocycles. The number of fused-ring (bicyclic) bond motifs is 1. The summed E-state index contributed by atoms with van der Waals surface area (Å²) in [5.41, 5.74) is 8.42. The second-order valence-electron chi connectivity index (χ2n) is 10.5. The lowest BCUT2D eigenvalue weighted by atomic mass is 9.93. The molecule has 0 spiro atoms. The maximum absolute atomic E-state index is 13.4. The van der Waals surface area contributed by atoms with E-state index in [0.29, 0.717) is 34.8 Å². The van der Waals surface area contributed by atoms with E-state index in [1.807, 2.05) is 0 Å². The first-order chi connectivity index (χ1) is 15.5. The Labute approximate surface area is 196 Å². The number of aromatic nitrogens is 3. The molecule has 4 rings (SSSR count). The fourth-order valence-corrected chi connectivity index (χ4v) is 5.47. The van der Waals surface area contributed by atoms with Crippen LogP contribution in [-0.4, -0.2) is 35.4 Å². The van der Waals surface area contributed by atoms with E-state index in [9.17, 15) is 4.39 Å². The number of nitrogen functional groups attached to an aromatic ring is 1. The quantitative estimate of drug-likeness (QED) is 0.437. The van der Waals surface area contributed by atoms with Gasteiger partial charge in [-0.3, -0.25) is 0 Å². The predicted octanol–water partition coefficient (Wildman–Crippen LogP) is 6.16. The molecule has 0 amide bonds. The van der Waals surface area contributed by atoms with Crippen molar-refractivity contribution in [3.63, 3.8) is 0 Å². The largest absolute Gasteiger partial charge is 0.414 e. The smallest absolute Gasteiger partial charge is 0.223 e. The van der Waals surface area contributed by atoms with Crippen molar-refractivity contribution in [3.05, 3.63) is 42.5 Å². The average Bonchev–Trinajstić information content (AvgIpc) is 2.75. The lowest BCUT2D eigenvalue weighted by Crippen LogP contribution is -2.45. The van der Waals surface area contributed by atoms with Gasteiger partial charge in [0, 0.05) is 30.1 Å². The van der Waals surface area contributed by atoms with E-state index in [-0.39, 0.29) is 10.9 Å². The van der Waals surface area contributed by atoms with Crippen molar-refractivity contribution in [2.75, 3.05) is 11.1 Å². The van der Waals surface area contributed by atoms with Gasteiger partial charge in [0.15, 0.2) is 8.32 Å². The summed E-state index contributed by atoms with van der Waals surface area (Å²) in [5.74, 6) is 0.674. The molecule has 2 aromatic heterocycles.